The van der Waals surface area contributed by atoms with E-state index in [2.05, 4.69) is 50.0 Å². The molecule has 1 aliphatic heterocycles. The lowest BCUT2D eigenvalue weighted by molar-refractivity contribution is 0.259. The number of allylic oxidation sites excluding steroid dienone is 3. The molecule has 0 fully saturated rings. The lowest BCUT2D eigenvalue weighted by atomic mass is 10.1. The van der Waals surface area contributed by atoms with Crippen molar-refractivity contribution in [3.8, 4) is 6.07 Å². The number of aromatic amines is 1. The van der Waals surface area contributed by atoms with Gasteiger partial charge in [-0.05, 0) is 41.7 Å². The average molecular weight is 506 g/mol. The minimum absolute atomic E-state index is 0.0135. The first-order chi connectivity index (χ1) is 17.1. The third-order valence-electron chi connectivity index (χ3n) is 5.39. The summed E-state index contributed by atoms with van der Waals surface area (Å²) >= 11 is 1.51. The molecule has 2 atom stereocenters. The molecule has 3 aromatic rings. The lowest BCUT2D eigenvalue weighted by Crippen LogP contribution is -2.43. The molecule has 6 nitrogen and oxygen atoms in total. The zero-order valence-electron chi connectivity index (χ0n) is 20.1. The normalized spacial score (nSPS) is 17.1. The Morgan fingerprint density at radius 3 is 2.77 bits per heavy atom. The van der Waals surface area contributed by atoms with Gasteiger partial charge in [0.05, 0.1) is 24.6 Å². The van der Waals surface area contributed by atoms with Crippen LogP contribution in [0.25, 0.3) is 0 Å². The first-order valence-corrected chi connectivity index (χ1v) is 13.6. The molecule has 0 amide bonds. The van der Waals surface area contributed by atoms with Gasteiger partial charge in [0.25, 0.3) is 0 Å². The van der Waals surface area contributed by atoms with E-state index in [4.69, 9.17) is 5.26 Å². The number of nitrogens with one attached hydrogen (secondary N) is 1. The second-order valence-electron chi connectivity index (χ2n) is 7.68. The Balaban J connectivity index is 0.00000167. The van der Waals surface area contributed by atoms with E-state index in [0.29, 0.717) is 25.2 Å². The van der Waals surface area contributed by atoms with E-state index in [1.807, 2.05) is 61.8 Å². The number of hydrogen-bond acceptors (Lipinski definition) is 5. The van der Waals surface area contributed by atoms with Crippen molar-refractivity contribution in [3.05, 3.63) is 108 Å². The smallest absolute Gasteiger partial charge is 0.138 e. The Labute approximate surface area is 214 Å². The molecule has 1 unspecified atom stereocenters. The predicted molar refractivity (Wildman–Crippen MR) is 144 cm³/mol. The standard InChI is InChI=1S/C25H25N5OS2.C2H6/c1-20(15-26)9-10-23-11-12-30(33(31)25-8-5-13-32-25)24(14-21-6-3-2-4-7-21)18-29(23)17-22-16-27-19-28-22;1-2/h2-11,13,16,19,24H,1,12,14,17-18H2,(H,27,28);1-2H3/b10-9-;/t24-,33?;/m1./s1. The Morgan fingerprint density at radius 2 is 2.11 bits per heavy atom. The maximum absolute atomic E-state index is 13.6. The van der Waals surface area contributed by atoms with Crippen LogP contribution in [-0.4, -0.2) is 42.5 Å². The lowest BCUT2D eigenvalue weighted by Gasteiger charge is -2.32. The molecule has 1 aliphatic rings. The van der Waals surface area contributed by atoms with E-state index in [0.717, 1.165) is 22.0 Å². The van der Waals surface area contributed by atoms with Crippen LogP contribution in [-0.2, 0) is 24.0 Å². The van der Waals surface area contributed by atoms with Gasteiger partial charge in [0.2, 0.25) is 0 Å². The number of nitriles is 1. The highest BCUT2D eigenvalue weighted by Gasteiger charge is 2.30. The van der Waals surface area contributed by atoms with Crippen molar-refractivity contribution in [2.24, 2.45) is 0 Å². The molecule has 0 saturated carbocycles. The second kappa shape index (κ2) is 13.6. The van der Waals surface area contributed by atoms with E-state index in [9.17, 15) is 4.21 Å². The molecule has 182 valence electrons. The van der Waals surface area contributed by atoms with Crippen LogP contribution in [0.15, 0.2) is 101 Å². The molecule has 0 spiro atoms. The van der Waals surface area contributed by atoms with Crippen molar-refractivity contribution in [1.82, 2.24) is 19.2 Å². The van der Waals surface area contributed by atoms with Gasteiger partial charge >= 0.3 is 0 Å². The van der Waals surface area contributed by atoms with Gasteiger partial charge in [0.1, 0.15) is 15.2 Å². The van der Waals surface area contributed by atoms with Gasteiger partial charge in [0.15, 0.2) is 0 Å². The van der Waals surface area contributed by atoms with Crippen LogP contribution in [0.1, 0.15) is 25.1 Å². The van der Waals surface area contributed by atoms with Crippen molar-refractivity contribution < 1.29 is 4.21 Å². The summed E-state index contributed by atoms with van der Waals surface area (Å²) in [5, 5.41) is 11.1. The molecule has 8 heteroatoms. The molecular weight excluding hydrogens is 474 g/mol. The van der Waals surface area contributed by atoms with Crippen molar-refractivity contribution in [2.45, 2.75) is 37.1 Å². The average Bonchev–Trinajstić information content (AvgIpc) is 3.59. The molecule has 0 aliphatic carbocycles. The van der Waals surface area contributed by atoms with E-state index in [-0.39, 0.29) is 6.04 Å². The van der Waals surface area contributed by atoms with Crippen LogP contribution in [0, 0.1) is 11.3 Å². The first-order valence-electron chi connectivity index (χ1n) is 11.6. The quantitative estimate of drug-likeness (QED) is 0.325. The van der Waals surface area contributed by atoms with Crippen LogP contribution in [0.4, 0.5) is 0 Å². The van der Waals surface area contributed by atoms with E-state index in [1.54, 1.807) is 12.4 Å². The maximum atomic E-state index is 13.6. The van der Waals surface area contributed by atoms with Gasteiger partial charge in [-0.25, -0.2) is 13.5 Å². The summed E-state index contributed by atoms with van der Waals surface area (Å²) in [5.41, 5.74) is 3.54. The topological polar surface area (TPSA) is 76.0 Å². The van der Waals surface area contributed by atoms with Crippen molar-refractivity contribution in [3.63, 3.8) is 0 Å². The molecule has 4 rings (SSSR count). The summed E-state index contributed by atoms with van der Waals surface area (Å²) in [6.45, 7) is 9.58. The Kier molecular flexibility index (Phi) is 10.2. The SMILES string of the molecule is C=C(C#N)/C=C\C1=CCN(S(=O)c2cccs2)[C@H](Cc2ccccc2)CN1Cc1cnc[nH]1.CC. The highest BCUT2D eigenvalue weighted by molar-refractivity contribution is 7.85. The third-order valence-corrected chi connectivity index (χ3v) is 8.12. The number of benzene rings is 1. The minimum Gasteiger partial charge on any atom is -0.364 e. The number of thiophene rings is 1. The molecule has 0 saturated heterocycles. The Bertz CT molecular complexity index is 1180. The van der Waals surface area contributed by atoms with Gasteiger partial charge in [-0.3, -0.25) is 0 Å². The van der Waals surface area contributed by atoms with Crippen LogP contribution in [0.3, 0.4) is 0 Å². The predicted octanol–water partition coefficient (Wildman–Crippen LogP) is 5.47. The summed E-state index contributed by atoms with van der Waals surface area (Å²) in [7, 11) is -1.27. The summed E-state index contributed by atoms with van der Waals surface area (Å²) < 4.78 is 16.5. The Hall–Kier alpha value is -3.25. The number of hydrogen-bond donors (Lipinski definition) is 1. The molecule has 35 heavy (non-hydrogen) atoms. The van der Waals surface area contributed by atoms with Crippen molar-refractivity contribution in [1.29, 1.82) is 5.26 Å². The summed E-state index contributed by atoms with van der Waals surface area (Å²) in [6, 6.07) is 16.2. The summed E-state index contributed by atoms with van der Waals surface area (Å²) in [5.74, 6) is 0. The zero-order chi connectivity index (χ0) is 25.0. The maximum Gasteiger partial charge on any atom is 0.138 e. The van der Waals surface area contributed by atoms with E-state index in [1.165, 1.54) is 16.9 Å². The molecule has 2 aromatic heterocycles. The van der Waals surface area contributed by atoms with Crippen LogP contribution in [0.5, 0.6) is 0 Å². The highest BCUT2D eigenvalue weighted by Crippen LogP contribution is 2.26. The largest absolute Gasteiger partial charge is 0.364 e. The number of aromatic nitrogens is 2. The van der Waals surface area contributed by atoms with Gasteiger partial charge in [0, 0.05) is 36.6 Å². The number of rotatable bonds is 8. The Morgan fingerprint density at radius 1 is 1.31 bits per heavy atom. The van der Waals surface area contributed by atoms with Crippen molar-refractivity contribution in [2.75, 3.05) is 13.1 Å². The van der Waals surface area contributed by atoms with E-state index < -0.39 is 11.0 Å². The second-order valence-corrected chi connectivity index (χ2v) is 10.3. The van der Waals surface area contributed by atoms with Gasteiger partial charge in [-0.2, -0.15) is 5.26 Å². The molecule has 0 radical (unpaired) electrons. The fraction of sp³-hybridized carbons (Fsp3) is 0.259. The first kappa shape index (κ1) is 26.4. The zero-order valence-corrected chi connectivity index (χ0v) is 21.8. The summed E-state index contributed by atoms with van der Waals surface area (Å²) in [4.78, 5) is 9.57. The molecule has 3 heterocycles. The van der Waals surface area contributed by atoms with Gasteiger partial charge in [-0.1, -0.05) is 56.8 Å². The van der Waals surface area contributed by atoms with Crippen LogP contribution in [0.2, 0.25) is 0 Å². The fourth-order valence-corrected chi connectivity index (χ4v) is 6.06. The molecule has 1 aromatic carbocycles. The van der Waals surface area contributed by atoms with Gasteiger partial charge in [-0.15, -0.1) is 11.3 Å². The molecule has 1 N–H and O–H groups in total. The third kappa shape index (κ3) is 7.36. The highest BCUT2D eigenvalue weighted by atomic mass is 32.2. The fourth-order valence-electron chi connectivity index (χ4n) is 3.78. The number of nitrogens with zero attached hydrogens (tertiary/aromatic N) is 4. The van der Waals surface area contributed by atoms with Crippen molar-refractivity contribution >= 4 is 22.3 Å². The molecule has 0 bridgehead atoms. The van der Waals surface area contributed by atoms with Gasteiger partial charge < -0.3 is 9.88 Å². The minimum atomic E-state index is -1.27. The monoisotopic (exact) mass is 505 g/mol. The molecular formula is C27H31N5OS2. The number of H-pyrrole nitrogens is 1. The van der Waals surface area contributed by atoms with Crippen LogP contribution >= 0.6 is 11.3 Å². The summed E-state index contributed by atoms with van der Waals surface area (Å²) in [6.07, 6.45) is 9.97. The number of imidazole rings is 1. The van der Waals surface area contributed by atoms with Crippen LogP contribution < -0.4 is 0 Å². The van der Waals surface area contributed by atoms with E-state index >= 15 is 0 Å².